The fourth-order valence-electron chi connectivity index (χ4n) is 2.94. The van der Waals surface area contributed by atoms with Gasteiger partial charge in [-0.05, 0) is 13.0 Å². The average molecular weight is 286 g/mol. The lowest BCUT2D eigenvalue weighted by Gasteiger charge is -2.24. The first-order valence-corrected chi connectivity index (χ1v) is 7.36. The number of likely N-dealkylation sites (tertiary alicyclic amines) is 1. The molecule has 4 unspecified atom stereocenters. The molecular weight excluding hydrogens is 260 g/mol. The minimum absolute atomic E-state index is 0.0340. The van der Waals surface area contributed by atoms with E-state index in [4.69, 9.17) is 14.2 Å². The second kappa shape index (κ2) is 7.36. The lowest BCUT2D eigenvalue weighted by molar-refractivity contribution is -0.135. The van der Waals surface area contributed by atoms with E-state index in [-0.39, 0.29) is 30.1 Å². The van der Waals surface area contributed by atoms with Crippen LogP contribution < -0.4 is 5.32 Å². The van der Waals surface area contributed by atoms with Gasteiger partial charge in [-0.1, -0.05) is 6.92 Å². The van der Waals surface area contributed by atoms with E-state index in [1.165, 1.54) is 0 Å². The Bertz CT molecular complexity index is 314. The number of methoxy groups -OCH3 is 2. The van der Waals surface area contributed by atoms with Crippen LogP contribution in [0.5, 0.6) is 0 Å². The Balaban J connectivity index is 1.93. The first-order chi connectivity index (χ1) is 9.71. The molecule has 2 aliphatic rings. The minimum Gasteiger partial charge on any atom is -0.379 e. The zero-order valence-electron chi connectivity index (χ0n) is 12.6. The molecule has 20 heavy (non-hydrogen) atoms. The van der Waals surface area contributed by atoms with Crippen molar-refractivity contribution in [3.05, 3.63) is 0 Å². The molecule has 2 heterocycles. The highest BCUT2D eigenvalue weighted by Gasteiger charge is 2.41. The monoisotopic (exact) mass is 286 g/mol. The summed E-state index contributed by atoms with van der Waals surface area (Å²) in [6.07, 6.45) is 0.986. The summed E-state index contributed by atoms with van der Waals surface area (Å²) in [6, 6.07) is 0.130. The Morgan fingerprint density at radius 2 is 1.90 bits per heavy atom. The third-order valence-electron chi connectivity index (χ3n) is 4.19. The molecule has 2 fully saturated rings. The van der Waals surface area contributed by atoms with Gasteiger partial charge in [0.1, 0.15) is 12.2 Å². The van der Waals surface area contributed by atoms with E-state index in [1.54, 1.807) is 14.2 Å². The Labute approximate surface area is 120 Å². The summed E-state index contributed by atoms with van der Waals surface area (Å²) in [4.78, 5) is 14.5. The maximum Gasteiger partial charge on any atom is 0.229 e. The van der Waals surface area contributed by atoms with Crippen molar-refractivity contribution in [2.24, 2.45) is 5.92 Å². The van der Waals surface area contributed by atoms with Gasteiger partial charge in [-0.2, -0.15) is 0 Å². The Morgan fingerprint density at radius 3 is 2.45 bits per heavy atom. The van der Waals surface area contributed by atoms with Crippen molar-refractivity contribution >= 4 is 5.91 Å². The fraction of sp³-hybridized carbons (Fsp3) is 0.929. The predicted molar refractivity (Wildman–Crippen MR) is 74.6 cm³/mol. The summed E-state index contributed by atoms with van der Waals surface area (Å²) in [5.41, 5.74) is 0. The van der Waals surface area contributed by atoms with E-state index in [2.05, 4.69) is 12.2 Å². The second-order valence-corrected chi connectivity index (χ2v) is 5.50. The van der Waals surface area contributed by atoms with Crippen LogP contribution in [-0.2, 0) is 19.0 Å². The van der Waals surface area contributed by atoms with Crippen molar-refractivity contribution in [1.82, 2.24) is 10.2 Å². The zero-order chi connectivity index (χ0) is 14.5. The zero-order valence-corrected chi connectivity index (χ0v) is 12.6. The van der Waals surface area contributed by atoms with Gasteiger partial charge in [-0.15, -0.1) is 0 Å². The van der Waals surface area contributed by atoms with Crippen molar-refractivity contribution in [2.45, 2.75) is 31.6 Å². The number of nitrogens with zero attached hydrogens (tertiary/aromatic N) is 1. The van der Waals surface area contributed by atoms with Gasteiger partial charge >= 0.3 is 0 Å². The summed E-state index contributed by atoms with van der Waals surface area (Å²) in [5, 5.41) is 3.40. The van der Waals surface area contributed by atoms with Crippen LogP contribution in [0, 0.1) is 5.92 Å². The Morgan fingerprint density at radius 1 is 1.25 bits per heavy atom. The van der Waals surface area contributed by atoms with Gasteiger partial charge in [0.15, 0.2) is 0 Å². The van der Waals surface area contributed by atoms with Gasteiger partial charge in [-0.25, -0.2) is 0 Å². The van der Waals surface area contributed by atoms with Crippen LogP contribution in [0.2, 0.25) is 0 Å². The van der Waals surface area contributed by atoms with E-state index < -0.39 is 0 Å². The van der Waals surface area contributed by atoms with Crippen LogP contribution in [-0.4, -0.2) is 76.1 Å². The first kappa shape index (κ1) is 15.7. The molecule has 0 spiro atoms. The lowest BCUT2D eigenvalue weighted by atomic mass is 10.0. The molecule has 116 valence electrons. The summed E-state index contributed by atoms with van der Waals surface area (Å²) >= 11 is 0. The maximum absolute atomic E-state index is 12.6. The number of hydrogen-bond donors (Lipinski definition) is 1. The highest BCUT2D eigenvalue weighted by atomic mass is 16.5. The van der Waals surface area contributed by atoms with E-state index in [0.29, 0.717) is 26.3 Å². The van der Waals surface area contributed by atoms with E-state index >= 15 is 0 Å². The Hall–Kier alpha value is -0.690. The third kappa shape index (κ3) is 3.31. The van der Waals surface area contributed by atoms with Crippen molar-refractivity contribution in [2.75, 3.05) is 47.1 Å². The van der Waals surface area contributed by atoms with Crippen LogP contribution in [0.4, 0.5) is 0 Å². The van der Waals surface area contributed by atoms with Crippen LogP contribution in [0.1, 0.15) is 13.3 Å². The van der Waals surface area contributed by atoms with Gasteiger partial charge in [0.05, 0.1) is 19.1 Å². The quantitative estimate of drug-likeness (QED) is 0.737. The smallest absolute Gasteiger partial charge is 0.229 e. The molecule has 0 aromatic carbocycles. The molecule has 2 saturated heterocycles. The molecule has 6 heteroatoms. The number of carbonyl (C=O) groups excluding carboxylic acids is 1. The molecule has 0 radical (unpaired) electrons. The number of nitrogens with one attached hydrogen (secondary N) is 1. The van der Waals surface area contributed by atoms with Crippen molar-refractivity contribution in [3.63, 3.8) is 0 Å². The summed E-state index contributed by atoms with van der Waals surface area (Å²) in [5.74, 6) is 0.0624. The van der Waals surface area contributed by atoms with E-state index in [1.807, 2.05) is 4.90 Å². The molecule has 0 aromatic heterocycles. The van der Waals surface area contributed by atoms with Crippen LogP contribution >= 0.6 is 0 Å². The van der Waals surface area contributed by atoms with Crippen molar-refractivity contribution < 1.29 is 19.0 Å². The first-order valence-electron chi connectivity index (χ1n) is 7.36. The number of hydrogen-bond acceptors (Lipinski definition) is 5. The third-order valence-corrected chi connectivity index (χ3v) is 4.19. The summed E-state index contributed by atoms with van der Waals surface area (Å²) < 4.78 is 16.2. The van der Waals surface area contributed by atoms with Gasteiger partial charge in [0, 0.05) is 33.4 Å². The largest absolute Gasteiger partial charge is 0.379 e. The predicted octanol–water partition coefficient (Wildman–Crippen LogP) is -0.127. The highest BCUT2D eigenvalue weighted by Crippen LogP contribution is 2.22. The lowest BCUT2D eigenvalue weighted by Crippen LogP contribution is -2.45. The molecule has 0 saturated carbocycles. The molecule has 2 aliphatic heterocycles. The molecule has 0 bridgehead atoms. The number of amides is 1. The minimum atomic E-state index is -0.0883. The van der Waals surface area contributed by atoms with Gasteiger partial charge in [0.2, 0.25) is 5.91 Å². The number of rotatable bonds is 6. The number of carbonyl (C=O) groups is 1. The molecule has 1 N–H and O–H groups in total. The molecule has 0 aliphatic carbocycles. The van der Waals surface area contributed by atoms with Gasteiger partial charge in [-0.3, -0.25) is 4.79 Å². The van der Waals surface area contributed by atoms with E-state index in [0.717, 1.165) is 13.0 Å². The fourth-order valence-corrected chi connectivity index (χ4v) is 2.94. The SMILES string of the molecule is CCCNC1COCC1C(=O)N1CC(OC)C(OC)C1. The average Bonchev–Trinajstić information content (AvgIpc) is 3.10. The van der Waals surface area contributed by atoms with Crippen LogP contribution in [0.25, 0.3) is 0 Å². The molecular formula is C14H26N2O4. The normalized spacial score (nSPS) is 33.9. The van der Waals surface area contributed by atoms with Gasteiger partial charge < -0.3 is 24.4 Å². The van der Waals surface area contributed by atoms with E-state index in [9.17, 15) is 4.79 Å². The van der Waals surface area contributed by atoms with Crippen LogP contribution in [0.3, 0.4) is 0 Å². The standard InChI is InChI=1S/C14H26N2O4/c1-4-5-15-11-9-20-8-10(11)14(17)16-6-12(18-2)13(7-16)19-3/h10-13,15H,4-9H2,1-3H3. The molecule has 4 atom stereocenters. The topological polar surface area (TPSA) is 60.0 Å². The molecule has 1 amide bonds. The Kier molecular flexibility index (Phi) is 5.77. The number of ether oxygens (including phenoxy) is 3. The molecule has 0 aromatic rings. The maximum atomic E-state index is 12.6. The summed E-state index contributed by atoms with van der Waals surface area (Å²) in [6.45, 7) is 5.36. The second-order valence-electron chi connectivity index (χ2n) is 5.50. The summed E-state index contributed by atoms with van der Waals surface area (Å²) in [7, 11) is 3.32. The molecule has 2 rings (SSSR count). The van der Waals surface area contributed by atoms with Crippen molar-refractivity contribution in [1.29, 1.82) is 0 Å². The van der Waals surface area contributed by atoms with Crippen LogP contribution in [0.15, 0.2) is 0 Å². The molecule has 6 nitrogen and oxygen atoms in total. The van der Waals surface area contributed by atoms with Gasteiger partial charge in [0.25, 0.3) is 0 Å². The van der Waals surface area contributed by atoms with Crippen molar-refractivity contribution in [3.8, 4) is 0 Å². The highest BCUT2D eigenvalue weighted by molar-refractivity contribution is 5.80.